The van der Waals surface area contributed by atoms with Gasteiger partial charge >= 0.3 is 0 Å². The molecule has 1 atom stereocenters. The summed E-state index contributed by atoms with van der Waals surface area (Å²) in [4.78, 5) is 0. The minimum absolute atomic E-state index is 0.135. The lowest BCUT2D eigenvalue weighted by molar-refractivity contribution is 0.338. The molecule has 1 unspecified atom stereocenters. The summed E-state index contributed by atoms with van der Waals surface area (Å²) >= 11 is 3.59. The van der Waals surface area contributed by atoms with Crippen molar-refractivity contribution in [2.45, 2.75) is 33.2 Å². The second-order valence-electron chi connectivity index (χ2n) is 4.94. The summed E-state index contributed by atoms with van der Waals surface area (Å²) in [6, 6.07) is 8.40. The molecule has 1 N–H and O–H groups in total. The third-order valence-electron chi connectivity index (χ3n) is 3.40. The van der Waals surface area contributed by atoms with Crippen LogP contribution in [-0.4, -0.2) is 13.2 Å². The average Bonchev–Trinajstić information content (AvgIpc) is 2.89. The fourth-order valence-corrected chi connectivity index (χ4v) is 2.87. The van der Waals surface area contributed by atoms with Crippen LogP contribution in [-0.2, 0) is 0 Å². The zero-order chi connectivity index (χ0) is 15.2. The molecule has 114 valence electrons. The first kappa shape index (κ1) is 16.1. The predicted molar refractivity (Wildman–Crippen MR) is 88.9 cm³/mol. The molecule has 1 heterocycles. The Morgan fingerprint density at radius 3 is 2.67 bits per heavy atom. The van der Waals surface area contributed by atoms with Gasteiger partial charge in [0.25, 0.3) is 0 Å². The van der Waals surface area contributed by atoms with Gasteiger partial charge in [0, 0.05) is 5.56 Å². The van der Waals surface area contributed by atoms with Gasteiger partial charge in [-0.2, -0.15) is 0 Å². The summed E-state index contributed by atoms with van der Waals surface area (Å²) in [5.41, 5.74) is 2.38. The van der Waals surface area contributed by atoms with Crippen LogP contribution in [0.5, 0.6) is 5.75 Å². The van der Waals surface area contributed by atoms with Crippen LogP contribution in [0.15, 0.2) is 39.4 Å². The van der Waals surface area contributed by atoms with Crippen LogP contribution in [0.4, 0.5) is 0 Å². The quantitative estimate of drug-likeness (QED) is 0.774. The fraction of sp³-hybridized carbons (Fsp3) is 0.412. The average molecular weight is 352 g/mol. The molecular weight excluding hydrogens is 330 g/mol. The van der Waals surface area contributed by atoms with Gasteiger partial charge in [-0.25, -0.2) is 0 Å². The summed E-state index contributed by atoms with van der Waals surface area (Å²) in [6.07, 6.45) is 2.83. The number of rotatable bonds is 7. The highest BCUT2D eigenvalue weighted by atomic mass is 79.9. The number of halogens is 1. The summed E-state index contributed by atoms with van der Waals surface area (Å²) in [5.74, 6) is 1.83. The van der Waals surface area contributed by atoms with E-state index in [1.165, 1.54) is 11.1 Å². The largest absolute Gasteiger partial charge is 0.493 e. The molecule has 0 spiro atoms. The van der Waals surface area contributed by atoms with E-state index in [-0.39, 0.29) is 6.04 Å². The molecule has 4 heteroatoms. The van der Waals surface area contributed by atoms with Crippen LogP contribution in [0.3, 0.4) is 0 Å². The standard InChI is InChI=1S/C17H22BrNO2/c1-4-9-19-17(14-8-10-21-12(14)3)13-6-7-16(20-5-2)15(18)11-13/h6-8,10-11,17,19H,4-5,9H2,1-3H3. The predicted octanol–water partition coefficient (Wildman–Crippen LogP) is 4.84. The third kappa shape index (κ3) is 3.89. The highest BCUT2D eigenvalue weighted by Crippen LogP contribution is 2.32. The van der Waals surface area contributed by atoms with Crippen molar-refractivity contribution in [3.63, 3.8) is 0 Å². The van der Waals surface area contributed by atoms with E-state index in [1.54, 1.807) is 6.26 Å². The van der Waals surface area contributed by atoms with Gasteiger partial charge in [-0.05, 0) is 66.5 Å². The van der Waals surface area contributed by atoms with Gasteiger partial charge in [0.2, 0.25) is 0 Å². The maximum absolute atomic E-state index is 5.58. The van der Waals surface area contributed by atoms with E-state index in [0.717, 1.165) is 28.9 Å². The number of nitrogens with one attached hydrogen (secondary N) is 1. The summed E-state index contributed by atoms with van der Waals surface area (Å²) in [6.45, 7) is 7.77. The van der Waals surface area contributed by atoms with Crippen molar-refractivity contribution in [3.8, 4) is 5.75 Å². The van der Waals surface area contributed by atoms with E-state index in [9.17, 15) is 0 Å². The highest BCUT2D eigenvalue weighted by molar-refractivity contribution is 9.10. The SMILES string of the molecule is CCCNC(c1ccc(OCC)c(Br)c1)c1ccoc1C. The molecule has 0 amide bonds. The van der Waals surface area contributed by atoms with Crippen molar-refractivity contribution in [1.82, 2.24) is 5.32 Å². The van der Waals surface area contributed by atoms with Gasteiger partial charge in [0.1, 0.15) is 11.5 Å². The molecule has 0 radical (unpaired) electrons. The topological polar surface area (TPSA) is 34.4 Å². The maximum atomic E-state index is 5.58. The fourth-order valence-electron chi connectivity index (χ4n) is 2.36. The van der Waals surface area contributed by atoms with Crippen LogP contribution < -0.4 is 10.1 Å². The number of hydrogen-bond acceptors (Lipinski definition) is 3. The molecule has 0 saturated heterocycles. The monoisotopic (exact) mass is 351 g/mol. The molecule has 0 bridgehead atoms. The van der Waals surface area contributed by atoms with Gasteiger partial charge < -0.3 is 14.5 Å². The van der Waals surface area contributed by atoms with Crippen molar-refractivity contribution in [2.24, 2.45) is 0 Å². The van der Waals surface area contributed by atoms with Gasteiger partial charge in [-0.3, -0.25) is 0 Å². The molecule has 0 aliphatic carbocycles. The van der Waals surface area contributed by atoms with Crippen LogP contribution in [0.2, 0.25) is 0 Å². The minimum atomic E-state index is 0.135. The molecule has 0 saturated carbocycles. The van der Waals surface area contributed by atoms with Crippen LogP contribution in [0.25, 0.3) is 0 Å². The Kier molecular flexibility index (Phi) is 5.88. The Labute approximate surface area is 134 Å². The smallest absolute Gasteiger partial charge is 0.133 e. The zero-order valence-electron chi connectivity index (χ0n) is 12.8. The van der Waals surface area contributed by atoms with E-state index in [0.29, 0.717) is 6.61 Å². The first-order valence-electron chi connectivity index (χ1n) is 7.37. The normalized spacial score (nSPS) is 12.4. The Morgan fingerprint density at radius 1 is 1.29 bits per heavy atom. The second kappa shape index (κ2) is 7.66. The molecule has 21 heavy (non-hydrogen) atoms. The van der Waals surface area contributed by atoms with Crippen molar-refractivity contribution < 1.29 is 9.15 Å². The first-order chi connectivity index (χ1) is 10.2. The second-order valence-corrected chi connectivity index (χ2v) is 5.80. The van der Waals surface area contributed by atoms with Gasteiger partial charge in [-0.1, -0.05) is 13.0 Å². The van der Waals surface area contributed by atoms with E-state index in [4.69, 9.17) is 9.15 Å². The summed E-state index contributed by atoms with van der Waals surface area (Å²) in [7, 11) is 0. The van der Waals surface area contributed by atoms with Gasteiger partial charge in [-0.15, -0.1) is 0 Å². The molecule has 1 aromatic heterocycles. The Bertz CT molecular complexity index is 580. The van der Waals surface area contributed by atoms with Crippen molar-refractivity contribution >= 4 is 15.9 Å². The van der Waals surface area contributed by atoms with Crippen LogP contribution in [0, 0.1) is 6.92 Å². The van der Waals surface area contributed by atoms with E-state index < -0.39 is 0 Å². The van der Waals surface area contributed by atoms with Crippen molar-refractivity contribution in [1.29, 1.82) is 0 Å². The van der Waals surface area contributed by atoms with Crippen molar-refractivity contribution in [3.05, 3.63) is 51.9 Å². The number of ether oxygens (including phenoxy) is 1. The molecule has 0 aliphatic rings. The lowest BCUT2D eigenvalue weighted by atomic mass is 9.99. The molecule has 2 aromatic rings. The van der Waals surface area contributed by atoms with Crippen LogP contribution in [0.1, 0.15) is 43.2 Å². The van der Waals surface area contributed by atoms with Crippen molar-refractivity contribution in [2.75, 3.05) is 13.2 Å². The van der Waals surface area contributed by atoms with Crippen LogP contribution >= 0.6 is 15.9 Å². The lowest BCUT2D eigenvalue weighted by Crippen LogP contribution is -2.23. The Balaban J connectivity index is 2.33. The Morgan fingerprint density at radius 2 is 2.10 bits per heavy atom. The number of benzene rings is 1. The Hall–Kier alpha value is -1.26. The maximum Gasteiger partial charge on any atom is 0.133 e. The molecule has 0 aliphatic heterocycles. The molecule has 0 fully saturated rings. The molecular formula is C17H22BrNO2. The van der Waals surface area contributed by atoms with E-state index in [2.05, 4.69) is 40.3 Å². The van der Waals surface area contributed by atoms with E-state index >= 15 is 0 Å². The molecule has 1 aromatic carbocycles. The number of furan rings is 1. The molecule has 3 nitrogen and oxygen atoms in total. The number of hydrogen-bond donors (Lipinski definition) is 1. The first-order valence-corrected chi connectivity index (χ1v) is 8.16. The molecule has 2 rings (SSSR count). The minimum Gasteiger partial charge on any atom is -0.493 e. The van der Waals surface area contributed by atoms with Gasteiger partial charge in [0.15, 0.2) is 0 Å². The number of aryl methyl sites for hydroxylation is 1. The van der Waals surface area contributed by atoms with E-state index in [1.807, 2.05) is 26.0 Å². The third-order valence-corrected chi connectivity index (χ3v) is 4.02. The zero-order valence-corrected chi connectivity index (χ0v) is 14.4. The lowest BCUT2D eigenvalue weighted by Gasteiger charge is -2.20. The summed E-state index contributed by atoms with van der Waals surface area (Å²) < 4.78 is 12.0. The summed E-state index contributed by atoms with van der Waals surface area (Å²) in [5, 5.41) is 3.59. The van der Waals surface area contributed by atoms with Gasteiger partial charge in [0.05, 0.1) is 23.4 Å². The highest BCUT2D eigenvalue weighted by Gasteiger charge is 2.18.